The van der Waals surface area contributed by atoms with Crippen molar-refractivity contribution < 1.29 is 32.9 Å². The predicted octanol–water partition coefficient (Wildman–Crippen LogP) is 4.39. The van der Waals surface area contributed by atoms with Crippen molar-refractivity contribution in [1.29, 1.82) is 0 Å². The molecule has 5 rings (SSSR count). The van der Waals surface area contributed by atoms with E-state index in [0.717, 1.165) is 17.4 Å². The fourth-order valence-electron chi connectivity index (χ4n) is 5.08. The number of hydrogen-bond donors (Lipinski definition) is 3. The Labute approximate surface area is 254 Å². The van der Waals surface area contributed by atoms with Crippen molar-refractivity contribution >= 4 is 46.0 Å². The lowest BCUT2D eigenvalue weighted by Gasteiger charge is -2.22. The van der Waals surface area contributed by atoms with Gasteiger partial charge in [-0.05, 0) is 67.8 Å². The van der Waals surface area contributed by atoms with E-state index in [0.29, 0.717) is 33.3 Å². The lowest BCUT2D eigenvalue weighted by Crippen LogP contribution is -2.40. The zero-order chi connectivity index (χ0) is 31.1. The maximum absolute atomic E-state index is 14.0. The maximum atomic E-state index is 14.0. The van der Waals surface area contributed by atoms with Crippen molar-refractivity contribution in [2.45, 2.75) is 57.5 Å². The summed E-state index contributed by atoms with van der Waals surface area (Å²) in [5, 5.41) is 33.4. The number of carbonyl (C=O) groups excluding carboxylic acids is 1. The number of thiazole rings is 1. The van der Waals surface area contributed by atoms with Gasteiger partial charge in [-0.3, -0.25) is 0 Å². The summed E-state index contributed by atoms with van der Waals surface area (Å²) in [5.41, 5.74) is -0.511. The van der Waals surface area contributed by atoms with Gasteiger partial charge < -0.3 is 25.2 Å². The third kappa shape index (κ3) is 6.94. The first-order chi connectivity index (χ1) is 20.2. The molecule has 2 aliphatic heterocycles. The van der Waals surface area contributed by atoms with Crippen LogP contribution in [0.5, 0.6) is 5.88 Å². The number of alkyl carbamates (subject to hydrolysis) is 1. The maximum Gasteiger partial charge on any atom is 0.416 e. The van der Waals surface area contributed by atoms with Crippen LogP contribution in [0.3, 0.4) is 0 Å². The van der Waals surface area contributed by atoms with Gasteiger partial charge in [0.2, 0.25) is 5.88 Å². The SMILES string of the molecule is CC(C)(C)OC(=O)N[C@@H]1C[C@H](CO)N(c2nc(O)c(C(Cc3ccc(Cl)cc3C(F)(F)F)=c3ccc4c(c3)C=NN=4)s2)C1. The Bertz CT molecular complexity index is 1700. The largest absolute Gasteiger partial charge is 0.492 e. The van der Waals surface area contributed by atoms with Crippen molar-refractivity contribution in [2.75, 3.05) is 18.1 Å². The summed E-state index contributed by atoms with van der Waals surface area (Å²) in [5.74, 6) is -0.364. The molecule has 2 atom stereocenters. The molecule has 0 radical (unpaired) electrons. The number of amides is 1. The highest BCUT2D eigenvalue weighted by Crippen LogP contribution is 2.41. The van der Waals surface area contributed by atoms with Gasteiger partial charge in [0.25, 0.3) is 0 Å². The summed E-state index contributed by atoms with van der Waals surface area (Å²) in [6, 6.07) is 7.97. The van der Waals surface area contributed by atoms with Gasteiger partial charge in [0.05, 0.1) is 40.7 Å². The number of rotatable bonds is 6. The highest BCUT2D eigenvalue weighted by Gasteiger charge is 2.37. The second-order valence-corrected chi connectivity index (χ2v) is 12.7. The average Bonchev–Trinajstić information content (AvgIpc) is 3.64. The standard InChI is InChI=1S/C29H29ClF3N5O4S/c1-28(2,3)42-27(41)35-19-11-20(14-39)38(13-19)26-36-25(40)24(43-26)21(15-5-7-23-17(8-15)12-34-37-23)9-16-4-6-18(30)10-22(16)29(31,32)33/h4-8,10,12,19-20,39-40H,9,11,13-14H2,1-3H3,(H,35,41)/t19-,20-/m1/s1. The van der Waals surface area contributed by atoms with E-state index in [4.69, 9.17) is 16.3 Å². The quantitative estimate of drug-likeness (QED) is 0.370. The van der Waals surface area contributed by atoms with Crippen LogP contribution in [0.2, 0.25) is 5.02 Å². The third-order valence-electron chi connectivity index (χ3n) is 6.95. The highest BCUT2D eigenvalue weighted by molar-refractivity contribution is 7.17. The van der Waals surface area contributed by atoms with Crippen molar-refractivity contribution in [3.63, 3.8) is 0 Å². The van der Waals surface area contributed by atoms with Crippen LogP contribution >= 0.6 is 22.9 Å². The number of fused-ring (bicyclic) bond motifs is 1. The van der Waals surface area contributed by atoms with Crippen LogP contribution in [0.4, 0.5) is 23.1 Å². The van der Waals surface area contributed by atoms with Crippen molar-refractivity contribution in [1.82, 2.24) is 10.3 Å². The molecule has 14 heteroatoms. The number of nitrogens with one attached hydrogen (secondary N) is 1. The second-order valence-electron chi connectivity index (χ2n) is 11.3. The molecule has 1 saturated heterocycles. The molecule has 2 aromatic carbocycles. The Kier molecular flexibility index (Phi) is 8.43. The predicted molar refractivity (Wildman–Crippen MR) is 157 cm³/mol. The Morgan fingerprint density at radius 3 is 2.67 bits per heavy atom. The molecule has 0 spiro atoms. The lowest BCUT2D eigenvalue weighted by atomic mass is 9.96. The Morgan fingerprint density at radius 1 is 1.21 bits per heavy atom. The topological polar surface area (TPSA) is 120 Å². The smallest absolute Gasteiger partial charge is 0.416 e. The summed E-state index contributed by atoms with van der Waals surface area (Å²) in [4.78, 5) is 18.7. The summed E-state index contributed by atoms with van der Waals surface area (Å²) in [6.45, 7) is 5.29. The first kappa shape index (κ1) is 30.8. The molecule has 9 nitrogen and oxygen atoms in total. The average molecular weight is 636 g/mol. The molecule has 0 aliphatic carbocycles. The Hall–Kier alpha value is -3.68. The van der Waals surface area contributed by atoms with E-state index >= 15 is 0 Å². The number of aliphatic hydroxyl groups is 1. The van der Waals surface area contributed by atoms with E-state index in [-0.39, 0.29) is 47.0 Å². The van der Waals surface area contributed by atoms with E-state index in [1.165, 1.54) is 12.1 Å². The molecule has 228 valence electrons. The molecule has 1 amide bonds. The molecule has 0 bridgehead atoms. The molecule has 0 unspecified atom stereocenters. The minimum atomic E-state index is -4.66. The molecule has 3 N–H and O–H groups in total. The van der Waals surface area contributed by atoms with Gasteiger partial charge in [0.15, 0.2) is 5.13 Å². The Morgan fingerprint density at radius 2 is 1.98 bits per heavy atom. The number of aliphatic hydroxyl groups excluding tert-OH is 1. The molecular weight excluding hydrogens is 607 g/mol. The van der Waals surface area contributed by atoms with Crippen molar-refractivity contribution in [3.05, 3.63) is 73.6 Å². The molecule has 2 aliphatic rings. The van der Waals surface area contributed by atoms with Gasteiger partial charge in [0, 0.05) is 23.6 Å². The number of ether oxygens (including phenoxy) is 1. The molecule has 1 fully saturated rings. The van der Waals surface area contributed by atoms with E-state index < -0.39 is 29.5 Å². The van der Waals surface area contributed by atoms with Crippen LogP contribution in [0, 0.1) is 0 Å². The van der Waals surface area contributed by atoms with Crippen molar-refractivity contribution in [2.24, 2.45) is 10.2 Å². The van der Waals surface area contributed by atoms with E-state index in [1.807, 2.05) is 0 Å². The van der Waals surface area contributed by atoms with E-state index in [2.05, 4.69) is 20.5 Å². The monoisotopic (exact) mass is 635 g/mol. The van der Waals surface area contributed by atoms with Crippen molar-refractivity contribution in [3.8, 4) is 5.88 Å². The van der Waals surface area contributed by atoms with Gasteiger partial charge in [0.1, 0.15) is 5.60 Å². The van der Waals surface area contributed by atoms with Crippen LogP contribution in [0.1, 0.15) is 48.8 Å². The number of aromatic hydroxyl groups is 1. The minimum Gasteiger partial charge on any atom is -0.492 e. The number of benzene rings is 2. The summed E-state index contributed by atoms with van der Waals surface area (Å²) in [7, 11) is 0. The summed E-state index contributed by atoms with van der Waals surface area (Å²) < 4.78 is 47.4. The van der Waals surface area contributed by atoms with Crippen LogP contribution in [-0.2, 0) is 17.3 Å². The molecule has 3 aromatic rings. The van der Waals surface area contributed by atoms with Crippen LogP contribution in [-0.4, -0.2) is 58.3 Å². The number of alkyl halides is 3. The Balaban J connectivity index is 1.54. The third-order valence-corrected chi connectivity index (χ3v) is 8.32. The van der Waals surface area contributed by atoms with Crippen LogP contribution in [0.25, 0.3) is 5.57 Å². The van der Waals surface area contributed by atoms with Gasteiger partial charge in [-0.15, -0.1) is 0 Å². The number of halogens is 4. The first-order valence-electron chi connectivity index (χ1n) is 13.4. The fourth-order valence-corrected chi connectivity index (χ4v) is 6.36. The molecular formula is C29H29ClF3N5O4S. The van der Waals surface area contributed by atoms with Gasteiger partial charge in [-0.1, -0.05) is 35.1 Å². The molecule has 1 aromatic heterocycles. The minimum absolute atomic E-state index is 0.0314. The number of aromatic nitrogens is 1. The summed E-state index contributed by atoms with van der Waals surface area (Å²) in [6.07, 6.45) is -3.50. The lowest BCUT2D eigenvalue weighted by molar-refractivity contribution is -0.138. The van der Waals surface area contributed by atoms with E-state index in [9.17, 15) is 28.2 Å². The van der Waals surface area contributed by atoms with Gasteiger partial charge in [-0.25, -0.2) is 4.79 Å². The number of hydrogen-bond acceptors (Lipinski definition) is 9. The van der Waals surface area contributed by atoms with E-state index in [1.54, 1.807) is 50.1 Å². The first-order valence-corrected chi connectivity index (χ1v) is 14.6. The normalized spacial score (nSPS) is 18.8. The van der Waals surface area contributed by atoms with Gasteiger partial charge >= 0.3 is 12.3 Å². The van der Waals surface area contributed by atoms with Gasteiger partial charge in [-0.2, -0.15) is 28.4 Å². The molecule has 0 saturated carbocycles. The highest BCUT2D eigenvalue weighted by atomic mass is 35.5. The zero-order valence-corrected chi connectivity index (χ0v) is 25.0. The number of carbonyl (C=O) groups is 1. The summed E-state index contributed by atoms with van der Waals surface area (Å²) >= 11 is 7.01. The molecule has 43 heavy (non-hydrogen) atoms. The fraction of sp³-hybridized carbons (Fsp3) is 0.379. The zero-order valence-electron chi connectivity index (χ0n) is 23.4. The molecule has 3 heterocycles. The second kappa shape index (κ2) is 11.8. The number of anilines is 1. The van der Waals surface area contributed by atoms with Crippen LogP contribution in [0.15, 0.2) is 46.6 Å². The number of nitrogens with zero attached hydrogens (tertiary/aromatic N) is 4. The van der Waals surface area contributed by atoms with Crippen LogP contribution < -0.4 is 20.8 Å².